The van der Waals surface area contributed by atoms with Gasteiger partial charge < -0.3 is 8.98 Å². The Bertz CT molecular complexity index is 1420. The summed E-state index contributed by atoms with van der Waals surface area (Å²) in [5.74, 6) is 3.02. The molecule has 0 aliphatic rings. The molecule has 5 aromatic rings. The molecule has 0 radical (unpaired) electrons. The largest absolute Gasteiger partial charge is 0.464 e. The highest BCUT2D eigenvalue weighted by atomic mass is 16.3. The SMILES string of the molecule is [C-]#[N+]c1ccc2ncn(-c3ncc4nc(C)n([C@H](C)c5ccc(C)o5)c4n3)c2c1. The minimum absolute atomic E-state index is 0.0651. The van der Waals surface area contributed by atoms with Gasteiger partial charge in [-0.15, -0.1) is 0 Å². The van der Waals surface area contributed by atoms with E-state index in [0.717, 1.165) is 34.0 Å². The van der Waals surface area contributed by atoms with Crippen LogP contribution >= 0.6 is 0 Å². The van der Waals surface area contributed by atoms with Crippen LogP contribution in [0.3, 0.4) is 0 Å². The number of hydrogen-bond acceptors (Lipinski definition) is 5. The Balaban J connectivity index is 1.69. The molecule has 4 aromatic heterocycles. The van der Waals surface area contributed by atoms with Crippen LogP contribution in [-0.2, 0) is 0 Å². The van der Waals surface area contributed by atoms with Crippen LogP contribution in [0.5, 0.6) is 0 Å². The van der Waals surface area contributed by atoms with E-state index in [1.807, 2.05) is 36.6 Å². The zero-order valence-corrected chi connectivity index (χ0v) is 16.2. The third kappa shape index (κ3) is 2.67. The lowest BCUT2D eigenvalue weighted by molar-refractivity contribution is 0.429. The molecule has 0 fully saturated rings. The van der Waals surface area contributed by atoms with E-state index in [0.29, 0.717) is 17.2 Å². The summed E-state index contributed by atoms with van der Waals surface area (Å²) >= 11 is 0. The second-order valence-electron chi connectivity index (χ2n) is 6.93. The van der Waals surface area contributed by atoms with Crippen molar-refractivity contribution in [2.45, 2.75) is 26.8 Å². The van der Waals surface area contributed by atoms with Gasteiger partial charge in [0.1, 0.15) is 29.2 Å². The summed E-state index contributed by atoms with van der Waals surface area (Å²) in [6, 6.07) is 9.23. The molecule has 4 heterocycles. The molecule has 8 heteroatoms. The molecule has 0 aliphatic carbocycles. The van der Waals surface area contributed by atoms with Crippen molar-refractivity contribution >= 4 is 27.9 Å². The number of hydrogen-bond donors (Lipinski definition) is 0. The zero-order chi connectivity index (χ0) is 20.1. The van der Waals surface area contributed by atoms with E-state index in [-0.39, 0.29) is 6.04 Å². The summed E-state index contributed by atoms with van der Waals surface area (Å²) in [5, 5.41) is 0. The first kappa shape index (κ1) is 17.1. The molecule has 0 spiro atoms. The average Bonchev–Trinajstić information content (AvgIpc) is 3.42. The standard InChI is InChI=1S/C21H17N7O/c1-12-5-8-19(29-12)13(2)28-14(3)25-17-10-23-21(26-20(17)28)27-11-24-16-7-6-15(22-4)9-18(16)27/h5-11,13H,1-3H3/t13-/m1/s1. The van der Waals surface area contributed by atoms with Gasteiger partial charge in [-0.25, -0.2) is 19.8 Å². The van der Waals surface area contributed by atoms with Gasteiger partial charge in [0.25, 0.3) is 0 Å². The first-order valence-electron chi connectivity index (χ1n) is 9.18. The van der Waals surface area contributed by atoms with Gasteiger partial charge in [0.05, 0.1) is 29.8 Å². The summed E-state index contributed by atoms with van der Waals surface area (Å²) in [6.45, 7) is 13.2. The zero-order valence-electron chi connectivity index (χ0n) is 16.2. The predicted molar refractivity (Wildman–Crippen MR) is 108 cm³/mol. The highest BCUT2D eigenvalue weighted by Gasteiger charge is 2.20. The minimum Gasteiger partial charge on any atom is -0.464 e. The van der Waals surface area contributed by atoms with Crippen LogP contribution in [0, 0.1) is 20.4 Å². The fourth-order valence-corrected chi connectivity index (χ4v) is 3.61. The lowest BCUT2D eigenvalue weighted by Crippen LogP contribution is -2.10. The van der Waals surface area contributed by atoms with E-state index in [9.17, 15) is 0 Å². The predicted octanol–water partition coefficient (Wildman–Crippen LogP) is 4.54. The monoisotopic (exact) mass is 383 g/mol. The molecule has 0 unspecified atom stereocenters. The molecule has 0 saturated carbocycles. The Labute approximate surface area is 166 Å². The van der Waals surface area contributed by atoms with E-state index in [1.165, 1.54) is 0 Å². The number of nitrogens with zero attached hydrogens (tertiary/aromatic N) is 7. The summed E-state index contributed by atoms with van der Waals surface area (Å²) in [6.07, 6.45) is 3.39. The van der Waals surface area contributed by atoms with E-state index in [1.54, 1.807) is 29.2 Å². The van der Waals surface area contributed by atoms with Crippen molar-refractivity contribution in [2.75, 3.05) is 0 Å². The summed E-state index contributed by atoms with van der Waals surface area (Å²) < 4.78 is 9.66. The Morgan fingerprint density at radius 3 is 2.69 bits per heavy atom. The molecular formula is C21H17N7O. The Kier molecular flexibility index (Phi) is 3.71. The minimum atomic E-state index is -0.0651. The Hall–Kier alpha value is -3.99. The first-order valence-corrected chi connectivity index (χ1v) is 9.18. The second kappa shape index (κ2) is 6.27. The summed E-state index contributed by atoms with van der Waals surface area (Å²) in [5.41, 5.74) is 3.55. The average molecular weight is 383 g/mol. The van der Waals surface area contributed by atoms with Crippen LogP contribution in [0.1, 0.15) is 30.3 Å². The van der Waals surface area contributed by atoms with E-state index in [2.05, 4.69) is 26.7 Å². The van der Waals surface area contributed by atoms with Gasteiger partial charge in [-0.1, -0.05) is 6.07 Å². The number of aromatic nitrogens is 6. The molecule has 0 aliphatic heterocycles. The van der Waals surface area contributed by atoms with Gasteiger partial charge in [-0.05, 0) is 45.0 Å². The molecule has 0 bridgehead atoms. The third-order valence-electron chi connectivity index (χ3n) is 5.03. The fourth-order valence-electron chi connectivity index (χ4n) is 3.61. The van der Waals surface area contributed by atoms with Crippen LogP contribution in [0.2, 0.25) is 0 Å². The first-order chi connectivity index (χ1) is 14.0. The molecule has 0 N–H and O–H groups in total. The number of fused-ring (bicyclic) bond motifs is 2. The maximum Gasteiger partial charge on any atom is 0.237 e. The molecule has 8 nitrogen and oxygen atoms in total. The van der Waals surface area contributed by atoms with Crippen LogP contribution in [-0.4, -0.2) is 29.1 Å². The number of imidazole rings is 2. The van der Waals surface area contributed by atoms with Crippen LogP contribution in [0.4, 0.5) is 5.69 Å². The molecule has 29 heavy (non-hydrogen) atoms. The molecule has 5 rings (SSSR count). The number of furan rings is 1. The topological polar surface area (TPSA) is 78.9 Å². The van der Waals surface area contributed by atoms with Crippen molar-refractivity contribution in [3.8, 4) is 5.95 Å². The van der Waals surface area contributed by atoms with Gasteiger partial charge >= 0.3 is 0 Å². The van der Waals surface area contributed by atoms with Crippen molar-refractivity contribution in [3.63, 3.8) is 0 Å². The quantitative estimate of drug-likeness (QED) is 0.428. The maximum atomic E-state index is 7.26. The van der Waals surface area contributed by atoms with E-state index < -0.39 is 0 Å². The highest BCUT2D eigenvalue weighted by Crippen LogP contribution is 2.27. The highest BCUT2D eigenvalue weighted by molar-refractivity contribution is 5.81. The fraction of sp³-hybridized carbons (Fsp3) is 0.190. The van der Waals surface area contributed by atoms with Crippen LogP contribution < -0.4 is 0 Å². The van der Waals surface area contributed by atoms with E-state index >= 15 is 0 Å². The van der Waals surface area contributed by atoms with Crippen LogP contribution in [0.25, 0.3) is 33.0 Å². The molecule has 1 atom stereocenters. The van der Waals surface area contributed by atoms with Crippen molar-refractivity contribution in [2.24, 2.45) is 0 Å². The Morgan fingerprint density at radius 2 is 1.93 bits per heavy atom. The number of aryl methyl sites for hydroxylation is 2. The van der Waals surface area contributed by atoms with Gasteiger partial charge in [-0.2, -0.15) is 4.98 Å². The molecule has 0 amide bonds. The summed E-state index contributed by atoms with van der Waals surface area (Å²) in [7, 11) is 0. The lowest BCUT2D eigenvalue weighted by Gasteiger charge is -2.13. The van der Waals surface area contributed by atoms with Gasteiger partial charge in [0, 0.05) is 0 Å². The van der Waals surface area contributed by atoms with Gasteiger partial charge in [0.2, 0.25) is 5.95 Å². The van der Waals surface area contributed by atoms with E-state index in [4.69, 9.17) is 16.0 Å². The Morgan fingerprint density at radius 1 is 1.07 bits per heavy atom. The lowest BCUT2D eigenvalue weighted by atomic mass is 10.2. The summed E-state index contributed by atoms with van der Waals surface area (Å²) in [4.78, 5) is 21.8. The normalized spacial score (nSPS) is 12.5. The van der Waals surface area contributed by atoms with Crippen molar-refractivity contribution < 1.29 is 4.42 Å². The number of rotatable bonds is 3. The third-order valence-corrected chi connectivity index (χ3v) is 5.03. The van der Waals surface area contributed by atoms with Gasteiger partial charge in [-0.3, -0.25) is 4.57 Å². The van der Waals surface area contributed by atoms with Gasteiger partial charge in [0.15, 0.2) is 11.3 Å². The molecule has 1 aromatic carbocycles. The molecular weight excluding hydrogens is 366 g/mol. The molecule has 142 valence electrons. The second-order valence-corrected chi connectivity index (χ2v) is 6.93. The van der Waals surface area contributed by atoms with Crippen molar-refractivity contribution in [3.05, 3.63) is 71.6 Å². The molecule has 0 saturated heterocycles. The van der Waals surface area contributed by atoms with Crippen molar-refractivity contribution in [1.29, 1.82) is 0 Å². The van der Waals surface area contributed by atoms with Crippen LogP contribution in [0.15, 0.2) is 47.3 Å². The van der Waals surface area contributed by atoms with Crippen molar-refractivity contribution in [1.82, 2.24) is 29.1 Å². The maximum absolute atomic E-state index is 7.26. The number of benzene rings is 1. The smallest absolute Gasteiger partial charge is 0.237 e.